The van der Waals surface area contributed by atoms with E-state index < -0.39 is 0 Å². The molecule has 0 saturated carbocycles. The van der Waals surface area contributed by atoms with E-state index in [1.54, 1.807) is 16.3 Å². The average molecular weight is 378 g/mol. The molecule has 3 rings (SSSR count). The zero-order valence-corrected chi connectivity index (χ0v) is 15.7. The number of fused-ring (bicyclic) bond motifs is 1. The van der Waals surface area contributed by atoms with Gasteiger partial charge in [0.1, 0.15) is 5.52 Å². The lowest BCUT2D eigenvalue weighted by atomic mass is 10.2. The summed E-state index contributed by atoms with van der Waals surface area (Å²) < 4.78 is 1.64. The van der Waals surface area contributed by atoms with Crippen molar-refractivity contribution in [2.75, 3.05) is 17.6 Å². The summed E-state index contributed by atoms with van der Waals surface area (Å²) in [5, 5.41) is 4.56. The van der Waals surface area contributed by atoms with Crippen molar-refractivity contribution in [3.8, 4) is 0 Å². The first kappa shape index (κ1) is 17.8. The Labute approximate surface area is 155 Å². The lowest BCUT2D eigenvalue weighted by Gasteiger charge is -2.08. The fraction of sp³-hybridized carbons (Fsp3) is 0.353. The van der Waals surface area contributed by atoms with Crippen LogP contribution in [0.3, 0.4) is 0 Å². The van der Waals surface area contributed by atoms with Crippen molar-refractivity contribution in [2.24, 2.45) is 0 Å². The van der Waals surface area contributed by atoms with Gasteiger partial charge in [-0.25, -0.2) is 14.8 Å². The quantitative estimate of drug-likeness (QED) is 0.484. The van der Waals surface area contributed by atoms with Crippen molar-refractivity contribution in [2.45, 2.75) is 32.0 Å². The number of hydrogen-bond acceptors (Lipinski definition) is 5. The third-order valence-corrected chi connectivity index (χ3v) is 4.94. The van der Waals surface area contributed by atoms with Crippen LogP contribution in [0.4, 0.5) is 5.82 Å². The van der Waals surface area contributed by atoms with E-state index in [2.05, 4.69) is 27.2 Å². The van der Waals surface area contributed by atoms with E-state index in [4.69, 9.17) is 11.6 Å². The van der Waals surface area contributed by atoms with Gasteiger partial charge in [-0.2, -0.15) is 0 Å². The molecule has 0 bridgehead atoms. The molecule has 0 amide bonds. The van der Waals surface area contributed by atoms with Crippen LogP contribution < -0.4 is 11.0 Å². The Hall–Kier alpha value is -1.99. The largest absolute Gasteiger partial charge is 0.368 e. The van der Waals surface area contributed by atoms with Crippen LogP contribution in [0, 0.1) is 0 Å². The number of nitrogens with zero attached hydrogens (tertiary/aromatic N) is 3. The minimum atomic E-state index is -0.198. The smallest absolute Gasteiger partial charge is 0.328 e. The van der Waals surface area contributed by atoms with Crippen LogP contribution in [0.25, 0.3) is 11.2 Å². The number of anilines is 1. The molecule has 132 valence electrons. The number of nitrogens with one attached hydrogen (secondary N) is 2. The molecule has 3 aromatic rings. The first-order chi connectivity index (χ1) is 12.1. The number of aromatic amines is 1. The first-order valence-corrected chi connectivity index (χ1v) is 9.60. The SMILES string of the molecule is CCCSc1nc(NCC)c2[nH]c(=O)n(Cc3ccc(Cl)cc3)c2n1. The highest BCUT2D eigenvalue weighted by Crippen LogP contribution is 2.23. The number of hydrogen-bond donors (Lipinski definition) is 2. The summed E-state index contributed by atoms with van der Waals surface area (Å²) in [6, 6.07) is 7.45. The lowest BCUT2D eigenvalue weighted by molar-refractivity contribution is 0.771. The molecule has 0 aliphatic carbocycles. The molecule has 0 aliphatic rings. The Morgan fingerprint density at radius 1 is 1.24 bits per heavy atom. The van der Waals surface area contributed by atoms with Gasteiger partial charge in [-0.3, -0.25) is 4.57 Å². The number of benzene rings is 1. The fourth-order valence-electron chi connectivity index (χ4n) is 2.48. The Bertz CT molecular complexity index is 919. The molecule has 2 heterocycles. The van der Waals surface area contributed by atoms with E-state index in [0.29, 0.717) is 40.3 Å². The Balaban J connectivity index is 2.07. The number of halogens is 1. The molecule has 6 nitrogen and oxygen atoms in total. The van der Waals surface area contributed by atoms with Crippen LogP contribution in [0.1, 0.15) is 25.8 Å². The predicted molar refractivity (Wildman–Crippen MR) is 104 cm³/mol. The van der Waals surface area contributed by atoms with Gasteiger partial charge < -0.3 is 10.3 Å². The molecular formula is C17H20ClN5OS. The predicted octanol–water partition coefficient (Wildman–Crippen LogP) is 3.76. The zero-order valence-electron chi connectivity index (χ0n) is 14.2. The molecule has 0 fully saturated rings. The van der Waals surface area contributed by atoms with Crippen LogP contribution in [-0.2, 0) is 6.54 Å². The molecule has 1 aromatic carbocycles. The van der Waals surface area contributed by atoms with Crippen LogP contribution >= 0.6 is 23.4 Å². The third kappa shape index (κ3) is 3.99. The van der Waals surface area contributed by atoms with Gasteiger partial charge in [0.2, 0.25) is 0 Å². The topological polar surface area (TPSA) is 75.6 Å². The van der Waals surface area contributed by atoms with Gasteiger partial charge in [0.15, 0.2) is 16.6 Å². The summed E-state index contributed by atoms with van der Waals surface area (Å²) >= 11 is 7.53. The van der Waals surface area contributed by atoms with E-state index >= 15 is 0 Å². The summed E-state index contributed by atoms with van der Waals surface area (Å²) in [5.74, 6) is 1.60. The normalized spacial score (nSPS) is 11.2. The molecule has 2 N–H and O–H groups in total. The maximum Gasteiger partial charge on any atom is 0.328 e. The number of imidazole rings is 1. The first-order valence-electron chi connectivity index (χ1n) is 8.24. The van der Waals surface area contributed by atoms with Crippen LogP contribution in [0.5, 0.6) is 0 Å². The molecule has 25 heavy (non-hydrogen) atoms. The molecule has 0 aliphatic heterocycles. The maximum atomic E-state index is 12.5. The monoisotopic (exact) mass is 377 g/mol. The van der Waals surface area contributed by atoms with Gasteiger partial charge >= 0.3 is 5.69 Å². The summed E-state index contributed by atoms with van der Waals surface area (Å²) in [5.41, 5.74) is 2.04. The second-order valence-corrected chi connectivity index (χ2v) is 7.07. The van der Waals surface area contributed by atoms with E-state index in [1.165, 1.54) is 0 Å². The zero-order chi connectivity index (χ0) is 17.8. The Kier molecular flexibility index (Phi) is 5.65. The van der Waals surface area contributed by atoms with Crippen LogP contribution in [0.2, 0.25) is 5.02 Å². The molecule has 8 heteroatoms. The van der Waals surface area contributed by atoms with E-state index in [1.807, 2.05) is 31.2 Å². The van der Waals surface area contributed by atoms with Crippen molar-refractivity contribution in [3.63, 3.8) is 0 Å². The highest BCUT2D eigenvalue weighted by atomic mass is 35.5. The van der Waals surface area contributed by atoms with Gasteiger partial charge in [-0.1, -0.05) is 42.4 Å². The Morgan fingerprint density at radius 3 is 2.68 bits per heavy atom. The van der Waals surface area contributed by atoms with E-state index in [9.17, 15) is 4.79 Å². The summed E-state index contributed by atoms with van der Waals surface area (Å²) in [6.07, 6.45) is 1.04. The van der Waals surface area contributed by atoms with Crippen LogP contribution in [-0.4, -0.2) is 31.8 Å². The van der Waals surface area contributed by atoms with Gasteiger partial charge in [0.05, 0.1) is 6.54 Å². The number of rotatable bonds is 7. The standard InChI is InChI=1S/C17H20ClN5OS/c1-3-9-25-16-21-14(19-4-2)13-15(22-16)23(17(24)20-13)10-11-5-7-12(18)8-6-11/h5-8H,3-4,9-10H2,1-2H3,(H,20,24)(H,19,21,22). The molecule has 0 saturated heterocycles. The summed E-state index contributed by atoms with van der Waals surface area (Å²) in [6.45, 7) is 5.25. The molecule has 0 atom stereocenters. The highest BCUT2D eigenvalue weighted by Gasteiger charge is 2.15. The molecule has 2 aromatic heterocycles. The van der Waals surface area contributed by atoms with Crippen molar-refractivity contribution < 1.29 is 0 Å². The highest BCUT2D eigenvalue weighted by molar-refractivity contribution is 7.99. The number of thioether (sulfide) groups is 1. The van der Waals surface area contributed by atoms with Crippen molar-refractivity contribution in [1.82, 2.24) is 19.5 Å². The summed E-state index contributed by atoms with van der Waals surface area (Å²) in [7, 11) is 0. The van der Waals surface area contributed by atoms with Gasteiger partial charge in [-0.05, 0) is 31.0 Å². The molecule has 0 radical (unpaired) electrons. The molecule has 0 spiro atoms. The fourth-order valence-corrected chi connectivity index (χ4v) is 3.30. The maximum absolute atomic E-state index is 12.5. The number of H-pyrrole nitrogens is 1. The van der Waals surface area contributed by atoms with Crippen molar-refractivity contribution >= 4 is 40.3 Å². The van der Waals surface area contributed by atoms with E-state index in [-0.39, 0.29) is 5.69 Å². The van der Waals surface area contributed by atoms with E-state index in [0.717, 1.165) is 17.7 Å². The van der Waals surface area contributed by atoms with Crippen LogP contribution in [0.15, 0.2) is 34.2 Å². The van der Waals surface area contributed by atoms with Crippen molar-refractivity contribution in [1.29, 1.82) is 0 Å². The third-order valence-electron chi connectivity index (χ3n) is 3.64. The van der Waals surface area contributed by atoms with Crippen molar-refractivity contribution in [3.05, 3.63) is 45.3 Å². The minimum absolute atomic E-state index is 0.198. The van der Waals surface area contributed by atoms with Gasteiger partial charge in [-0.15, -0.1) is 0 Å². The second kappa shape index (κ2) is 7.93. The Morgan fingerprint density at radius 2 is 2.00 bits per heavy atom. The average Bonchev–Trinajstić information content (AvgIpc) is 2.91. The van der Waals surface area contributed by atoms with Gasteiger partial charge in [0.25, 0.3) is 0 Å². The molecule has 0 unspecified atom stereocenters. The lowest BCUT2D eigenvalue weighted by Crippen LogP contribution is -2.17. The number of aromatic nitrogens is 4. The molecular weight excluding hydrogens is 358 g/mol. The summed E-state index contributed by atoms with van der Waals surface area (Å²) in [4.78, 5) is 24.5. The van der Waals surface area contributed by atoms with Gasteiger partial charge in [0, 0.05) is 17.3 Å². The second-order valence-electron chi connectivity index (χ2n) is 5.57. The minimum Gasteiger partial charge on any atom is -0.368 e.